The van der Waals surface area contributed by atoms with Gasteiger partial charge in [0.1, 0.15) is 0 Å². The summed E-state index contributed by atoms with van der Waals surface area (Å²) in [5.74, 6) is 1.15. The van der Waals surface area contributed by atoms with Crippen molar-refractivity contribution >= 4 is 5.95 Å². The SMILES string of the molecule is CCn1ccnc1N1CCCCC1CNC(C)C. The van der Waals surface area contributed by atoms with Gasteiger partial charge in [0, 0.05) is 44.1 Å². The molecular weight excluding hydrogens is 224 g/mol. The number of nitrogens with one attached hydrogen (secondary N) is 1. The predicted octanol–water partition coefficient (Wildman–Crippen LogP) is 2.26. The van der Waals surface area contributed by atoms with Crippen LogP contribution >= 0.6 is 0 Å². The van der Waals surface area contributed by atoms with E-state index < -0.39 is 0 Å². The van der Waals surface area contributed by atoms with E-state index in [1.807, 2.05) is 6.20 Å². The summed E-state index contributed by atoms with van der Waals surface area (Å²) in [6, 6.07) is 1.15. The lowest BCUT2D eigenvalue weighted by molar-refractivity contribution is 0.412. The number of nitrogens with zero attached hydrogens (tertiary/aromatic N) is 3. The molecule has 0 amide bonds. The van der Waals surface area contributed by atoms with Crippen LogP contribution in [0.2, 0.25) is 0 Å². The second kappa shape index (κ2) is 6.23. The molecule has 0 aromatic carbocycles. The molecule has 2 rings (SSSR count). The highest BCUT2D eigenvalue weighted by atomic mass is 15.3. The highest BCUT2D eigenvalue weighted by Gasteiger charge is 2.25. The molecule has 1 atom stereocenters. The summed E-state index contributed by atoms with van der Waals surface area (Å²) in [5, 5.41) is 3.57. The number of imidazole rings is 1. The number of aryl methyl sites for hydroxylation is 1. The Bertz CT molecular complexity index is 358. The minimum absolute atomic E-state index is 0.555. The Balaban J connectivity index is 2.07. The second-order valence-electron chi connectivity index (χ2n) is 5.42. The van der Waals surface area contributed by atoms with Gasteiger partial charge in [-0.05, 0) is 26.2 Å². The van der Waals surface area contributed by atoms with Gasteiger partial charge in [-0.3, -0.25) is 0 Å². The van der Waals surface area contributed by atoms with Crippen LogP contribution in [0.5, 0.6) is 0 Å². The molecule has 2 heterocycles. The first-order valence-corrected chi connectivity index (χ1v) is 7.23. The van der Waals surface area contributed by atoms with Gasteiger partial charge in [0.05, 0.1) is 0 Å². The van der Waals surface area contributed by atoms with Crippen LogP contribution in [0.4, 0.5) is 5.95 Å². The van der Waals surface area contributed by atoms with Gasteiger partial charge < -0.3 is 14.8 Å². The summed E-state index contributed by atoms with van der Waals surface area (Å²) in [4.78, 5) is 7.04. The normalized spacial score (nSPS) is 20.7. The molecule has 0 saturated carbocycles. The third-order valence-corrected chi connectivity index (χ3v) is 3.68. The van der Waals surface area contributed by atoms with Crippen LogP contribution in [0.15, 0.2) is 12.4 Å². The van der Waals surface area contributed by atoms with E-state index in [4.69, 9.17) is 0 Å². The molecule has 0 aliphatic carbocycles. The van der Waals surface area contributed by atoms with Gasteiger partial charge >= 0.3 is 0 Å². The Labute approximate surface area is 110 Å². The molecule has 1 saturated heterocycles. The maximum atomic E-state index is 4.55. The maximum absolute atomic E-state index is 4.55. The zero-order valence-corrected chi connectivity index (χ0v) is 11.9. The molecular formula is C14H26N4. The van der Waals surface area contributed by atoms with E-state index >= 15 is 0 Å². The molecule has 1 N–H and O–H groups in total. The first-order chi connectivity index (χ1) is 8.72. The molecule has 0 bridgehead atoms. The van der Waals surface area contributed by atoms with E-state index in [0.717, 1.165) is 25.6 Å². The lowest BCUT2D eigenvalue weighted by Gasteiger charge is -2.37. The first kappa shape index (κ1) is 13.4. The quantitative estimate of drug-likeness (QED) is 0.870. The molecule has 0 radical (unpaired) electrons. The summed E-state index contributed by atoms with van der Waals surface area (Å²) in [6.45, 7) is 9.79. The largest absolute Gasteiger partial charge is 0.338 e. The number of hydrogen-bond acceptors (Lipinski definition) is 3. The summed E-state index contributed by atoms with van der Waals surface area (Å²) < 4.78 is 2.24. The Morgan fingerprint density at radius 3 is 3.00 bits per heavy atom. The van der Waals surface area contributed by atoms with Crippen LogP contribution in [-0.4, -0.2) is 34.7 Å². The van der Waals surface area contributed by atoms with Gasteiger partial charge in [-0.1, -0.05) is 13.8 Å². The Hall–Kier alpha value is -1.03. The van der Waals surface area contributed by atoms with Crippen molar-refractivity contribution in [3.63, 3.8) is 0 Å². The average molecular weight is 250 g/mol. The number of anilines is 1. The minimum atomic E-state index is 0.555. The van der Waals surface area contributed by atoms with Crippen LogP contribution < -0.4 is 10.2 Å². The second-order valence-corrected chi connectivity index (χ2v) is 5.42. The van der Waals surface area contributed by atoms with Crippen molar-refractivity contribution in [2.45, 2.75) is 58.7 Å². The molecule has 4 nitrogen and oxygen atoms in total. The predicted molar refractivity (Wildman–Crippen MR) is 76.0 cm³/mol. The molecule has 1 aromatic rings. The van der Waals surface area contributed by atoms with Crippen molar-refractivity contribution in [1.29, 1.82) is 0 Å². The monoisotopic (exact) mass is 250 g/mol. The Kier molecular flexibility index (Phi) is 4.64. The fourth-order valence-electron chi connectivity index (χ4n) is 2.66. The van der Waals surface area contributed by atoms with Crippen molar-refractivity contribution in [3.05, 3.63) is 12.4 Å². The molecule has 1 unspecified atom stereocenters. The van der Waals surface area contributed by atoms with Crippen molar-refractivity contribution in [2.75, 3.05) is 18.0 Å². The number of aromatic nitrogens is 2. The van der Waals surface area contributed by atoms with Gasteiger partial charge in [0.25, 0.3) is 0 Å². The molecule has 1 fully saturated rings. The minimum Gasteiger partial charge on any atom is -0.338 e. The Morgan fingerprint density at radius 1 is 1.44 bits per heavy atom. The molecule has 18 heavy (non-hydrogen) atoms. The van der Waals surface area contributed by atoms with Crippen molar-refractivity contribution in [3.8, 4) is 0 Å². The van der Waals surface area contributed by atoms with Crippen LogP contribution in [-0.2, 0) is 6.54 Å². The average Bonchev–Trinajstić information content (AvgIpc) is 2.84. The van der Waals surface area contributed by atoms with Gasteiger partial charge in [0.15, 0.2) is 0 Å². The summed E-state index contributed by atoms with van der Waals surface area (Å²) in [5.41, 5.74) is 0. The van der Waals surface area contributed by atoms with Gasteiger partial charge in [-0.2, -0.15) is 0 Å². The van der Waals surface area contributed by atoms with Gasteiger partial charge in [-0.25, -0.2) is 4.98 Å². The molecule has 4 heteroatoms. The van der Waals surface area contributed by atoms with Gasteiger partial charge in [0.2, 0.25) is 5.95 Å². The van der Waals surface area contributed by atoms with Crippen LogP contribution in [0.25, 0.3) is 0 Å². The lowest BCUT2D eigenvalue weighted by atomic mass is 10.0. The van der Waals surface area contributed by atoms with Crippen LogP contribution in [0, 0.1) is 0 Å². The zero-order valence-electron chi connectivity index (χ0n) is 11.9. The Morgan fingerprint density at radius 2 is 2.28 bits per heavy atom. The van der Waals surface area contributed by atoms with E-state index in [1.165, 1.54) is 19.3 Å². The first-order valence-electron chi connectivity index (χ1n) is 7.23. The fraction of sp³-hybridized carbons (Fsp3) is 0.786. The highest BCUT2D eigenvalue weighted by Crippen LogP contribution is 2.23. The van der Waals surface area contributed by atoms with Crippen molar-refractivity contribution in [2.24, 2.45) is 0 Å². The molecule has 1 aliphatic heterocycles. The van der Waals surface area contributed by atoms with Crippen LogP contribution in [0.3, 0.4) is 0 Å². The molecule has 1 aromatic heterocycles. The van der Waals surface area contributed by atoms with E-state index in [-0.39, 0.29) is 0 Å². The highest BCUT2D eigenvalue weighted by molar-refractivity contribution is 5.34. The summed E-state index contributed by atoms with van der Waals surface area (Å²) in [6.07, 6.45) is 7.90. The van der Waals surface area contributed by atoms with E-state index in [1.54, 1.807) is 0 Å². The fourth-order valence-corrected chi connectivity index (χ4v) is 2.66. The van der Waals surface area contributed by atoms with Crippen molar-refractivity contribution < 1.29 is 0 Å². The van der Waals surface area contributed by atoms with Gasteiger partial charge in [-0.15, -0.1) is 0 Å². The topological polar surface area (TPSA) is 33.1 Å². The standard InChI is InChI=1S/C14H26N4/c1-4-17-10-8-15-14(17)18-9-6-5-7-13(18)11-16-12(2)3/h8,10,12-13,16H,4-7,9,11H2,1-3H3. The molecule has 0 spiro atoms. The van der Waals surface area contributed by atoms with E-state index in [9.17, 15) is 0 Å². The van der Waals surface area contributed by atoms with E-state index in [2.05, 4.69) is 46.7 Å². The zero-order chi connectivity index (χ0) is 13.0. The third-order valence-electron chi connectivity index (χ3n) is 3.68. The lowest BCUT2D eigenvalue weighted by Crippen LogP contribution is -2.47. The molecule has 1 aliphatic rings. The van der Waals surface area contributed by atoms with E-state index in [0.29, 0.717) is 12.1 Å². The smallest absolute Gasteiger partial charge is 0.205 e. The number of hydrogen-bond donors (Lipinski definition) is 1. The summed E-state index contributed by atoms with van der Waals surface area (Å²) >= 11 is 0. The number of rotatable bonds is 5. The number of piperidine rings is 1. The molecule has 102 valence electrons. The van der Waals surface area contributed by atoms with Crippen LogP contribution in [0.1, 0.15) is 40.0 Å². The van der Waals surface area contributed by atoms with Crippen molar-refractivity contribution in [1.82, 2.24) is 14.9 Å². The third kappa shape index (κ3) is 3.05. The summed E-state index contributed by atoms with van der Waals surface area (Å²) in [7, 11) is 0. The maximum Gasteiger partial charge on any atom is 0.205 e.